The Morgan fingerprint density at radius 3 is 2.38 bits per heavy atom. The van der Waals surface area contributed by atoms with Gasteiger partial charge in [-0.2, -0.15) is 0 Å². The van der Waals surface area contributed by atoms with Crippen LogP contribution in [0.1, 0.15) is 25.0 Å². The van der Waals surface area contributed by atoms with E-state index >= 15 is 0 Å². The number of methoxy groups -OCH3 is 1. The van der Waals surface area contributed by atoms with E-state index in [0.29, 0.717) is 0 Å². The number of para-hydroxylation sites is 1. The molecule has 0 spiro atoms. The lowest BCUT2D eigenvalue weighted by atomic mass is 9.92. The molecule has 0 fully saturated rings. The van der Waals surface area contributed by atoms with Crippen molar-refractivity contribution in [3.05, 3.63) is 29.3 Å². The minimum Gasteiger partial charge on any atom is -0.496 e. The van der Waals surface area contributed by atoms with Gasteiger partial charge in [-0.15, -0.1) is 0 Å². The molecular formula is C13H22N2O. The second-order valence-corrected chi connectivity index (χ2v) is 4.96. The SMILES string of the molecule is COc1c(CN(C)C)cccc1C(C)(C)N. The first-order chi connectivity index (χ1) is 7.36. The largest absolute Gasteiger partial charge is 0.496 e. The lowest BCUT2D eigenvalue weighted by molar-refractivity contribution is 0.361. The zero-order valence-corrected chi connectivity index (χ0v) is 10.9. The molecule has 0 aliphatic heterocycles. The third kappa shape index (κ3) is 2.97. The summed E-state index contributed by atoms with van der Waals surface area (Å²) in [5.74, 6) is 0.906. The smallest absolute Gasteiger partial charge is 0.128 e. The highest BCUT2D eigenvalue weighted by molar-refractivity contribution is 5.44. The van der Waals surface area contributed by atoms with E-state index in [9.17, 15) is 0 Å². The Labute approximate surface area is 98.2 Å². The van der Waals surface area contributed by atoms with Crippen molar-refractivity contribution in [2.45, 2.75) is 25.9 Å². The van der Waals surface area contributed by atoms with Crippen molar-refractivity contribution in [3.63, 3.8) is 0 Å². The molecule has 0 unspecified atom stereocenters. The Kier molecular flexibility index (Phi) is 3.94. The Morgan fingerprint density at radius 2 is 1.94 bits per heavy atom. The molecule has 90 valence electrons. The molecule has 16 heavy (non-hydrogen) atoms. The fraction of sp³-hybridized carbons (Fsp3) is 0.538. The van der Waals surface area contributed by atoms with Gasteiger partial charge >= 0.3 is 0 Å². The van der Waals surface area contributed by atoms with Crippen molar-refractivity contribution in [1.29, 1.82) is 0 Å². The van der Waals surface area contributed by atoms with E-state index in [4.69, 9.17) is 10.5 Å². The summed E-state index contributed by atoms with van der Waals surface area (Å²) in [6.07, 6.45) is 0. The molecule has 0 amide bonds. The van der Waals surface area contributed by atoms with Gasteiger partial charge < -0.3 is 15.4 Å². The maximum atomic E-state index is 6.14. The van der Waals surface area contributed by atoms with Gasteiger partial charge in [0.05, 0.1) is 7.11 Å². The van der Waals surface area contributed by atoms with E-state index in [-0.39, 0.29) is 5.54 Å². The van der Waals surface area contributed by atoms with Crippen molar-refractivity contribution < 1.29 is 4.74 Å². The molecule has 0 heterocycles. The first-order valence-electron chi connectivity index (χ1n) is 5.46. The van der Waals surface area contributed by atoms with Gasteiger partial charge in [-0.3, -0.25) is 0 Å². The first-order valence-corrected chi connectivity index (χ1v) is 5.46. The molecule has 1 aromatic rings. The van der Waals surface area contributed by atoms with Crippen LogP contribution in [-0.2, 0) is 12.1 Å². The molecule has 1 aromatic carbocycles. The summed E-state index contributed by atoms with van der Waals surface area (Å²) in [7, 11) is 5.78. The fourth-order valence-corrected chi connectivity index (χ4v) is 1.80. The van der Waals surface area contributed by atoms with Crippen LogP contribution < -0.4 is 10.5 Å². The van der Waals surface area contributed by atoms with Crippen molar-refractivity contribution >= 4 is 0 Å². The zero-order chi connectivity index (χ0) is 12.3. The lowest BCUT2D eigenvalue weighted by Crippen LogP contribution is -2.29. The molecule has 0 atom stereocenters. The highest BCUT2D eigenvalue weighted by atomic mass is 16.5. The van der Waals surface area contributed by atoms with E-state index in [1.807, 2.05) is 40.1 Å². The normalized spacial score (nSPS) is 11.9. The molecule has 0 saturated carbocycles. The molecule has 0 aromatic heterocycles. The summed E-state index contributed by atoms with van der Waals surface area (Å²) < 4.78 is 5.50. The Morgan fingerprint density at radius 1 is 1.31 bits per heavy atom. The van der Waals surface area contributed by atoms with Gasteiger partial charge in [0.2, 0.25) is 0 Å². The lowest BCUT2D eigenvalue weighted by Gasteiger charge is -2.24. The van der Waals surface area contributed by atoms with E-state index in [2.05, 4.69) is 11.0 Å². The summed E-state index contributed by atoms with van der Waals surface area (Å²) in [6, 6.07) is 6.14. The number of nitrogens with zero attached hydrogens (tertiary/aromatic N) is 1. The van der Waals surface area contributed by atoms with Gasteiger partial charge in [-0.25, -0.2) is 0 Å². The quantitative estimate of drug-likeness (QED) is 0.846. The topological polar surface area (TPSA) is 38.5 Å². The monoisotopic (exact) mass is 222 g/mol. The van der Waals surface area contributed by atoms with Gasteiger partial charge in [0.1, 0.15) is 5.75 Å². The van der Waals surface area contributed by atoms with Crippen LogP contribution in [0, 0.1) is 0 Å². The minimum absolute atomic E-state index is 0.381. The minimum atomic E-state index is -0.381. The fourth-order valence-electron chi connectivity index (χ4n) is 1.80. The maximum Gasteiger partial charge on any atom is 0.128 e. The predicted molar refractivity (Wildman–Crippen MR) is 67.6 cm³/mol. The maximum absolute atomic E-state index is 6.14. The summed E-state index contributed by atoms with van der Waals surface area (Å²) in [5, 5.41) is 0. The van der Waals surface area contributed by atoms with Gasteiger partial charge in [-0.1, -0.05) is 18.2 Å². The molecule has 0 bridgehead atoms. The molecule has 2 N–H and O–H groups in total. The molecule has 0 saturated heterocycles. The molecule has 3 nitrogen and oxygen atoms in total. The van der Waals surface area contributed by atoms with Gasteiger partial charge in [0, 0.05) is 23.2 Å². The molecule has 1 rings (SSSR count). The summed E-state index contributed by atoms with van der Waals surface area (Å²) in [6.45, 7) is 4.84. The molecule has 0 radical (unpaired) electrons. The number of hydrogen-bond acceptors (Lipinski definition) is 3. The summed E-state index contributed by atoms with van der Waals surface area (Å²) in [4.78, 5) is 2.12. The molecule has 0 aliphatic rings. The highest BCUT2D eigenvalue weighted by Crippen LogP contribution is 2.31. The number of rotatable bonds is 4. The van der Waals surface area contributed by atoms with Gasteiger partial charge in [0.15, 0.2) is 0 Å². The standard InChI is InChI=1S/C13H22N2O/c1-13(2,14)11-8-6-7-10(9-15(3)4)12(11)16-5/h6-8H,9,14H2,1-5H3. The zero-order valence-electron chi connectivity index (χ0n) is 10.9. The average molecular weight is 222 g/mol. The van der Waals surface area contributed by atoms with Crippen LogP contribution in [0.25, 0.3) is 0 Å². The Bertz CT molecular complexity index is 353. The Hall–Kier alpha value is -1.06. The van der Waals surface area contributed by atoms with Crippen LogP contribution in [0.4, 0.5) is 0 Å². The van der Waals surface area contributed by atoms with Crippen molar-refractivity contribution in [2.75, 3.05) is 21.2 Å². The van der Waals surface area contributed by atoms with Gasteiger partial charge in [-0.05, 0) is 27.9 Å². The molecule has 0 aliphatic carbocycles. The van der Waals surface area contributed by atoms with Crippen LogP contribution in [0.2, 0.25) is 0 Å². The van der Waals surface area contributed by atoms with Crippen LogP contribution >= 0.6 is 0 Å². The second-order valence-electron chi connectivity index (χ2n) is 4.96. The molecular weight excluding hydrogens is 200 g/mol. The van der Waals surface area contributed by atoms with E-state index in [1.54, 1.807) is 7.11 Å². The van der Waals surface area contributed by atoms with Crippen molar-refractivity contribution in [2.24, 2.45) is 5.73 Å². The highest BCUT2D eigenvalue weighted by Gasteiger charge is 2.21. The number of benzene rings is 1. The number of hydrogen-bond donors (Lipinski definition) is 1. The van der Waals surface area contributed by atoms with E-state index in [1.165, 1.54) is 5.56 Å². The average Bonchev–Trinajstić information content (AvgIpc) is 2.15. The van der Waals surface area contributed by atoms with Crippen LogP contribution in [0.3, 0.4) is 0 Å². The Balaban J connectivity index is 3.21. The second kappa shape index (κ2) is 4.85. The third-order valence-corrected chi connectivity index (χ3v) is 2.48. The van der Waals surface area contributed by atoms with Crippen LogP contribution in [0.5, 0.6) is 5.75 Å². The van der Waals surface area contributed by atoms with Gasteiger partial charge in [0.25, 0.3) is 0 Å². The summed E-state index contributed by atoms with van der Waals surface area (Å²) in [5.41, 5.74) is 7.98. The van der Waals surface area contributed by atoms with Crippen molar-refractivity contribution in [3.8, 4) is 5.75 Å². The van der Waals surface area contributed by atoms with E-state index < -0.39 is 0 Å². The number of nitrogens with two attached hydrogens (primary N) is 1. The third-order valence-electron chi connectivity index (χ3n) is 2.48. The van der Waals surface area contributed by atoms with E-state index in [0.717, 1.165) is 17.9 Å². The van der Waals surface area contributed by atoms with Crippen molar-refractivity contribution in [1.82, 2.24) is 4.90 Å². The first kappa shape index (κ1) is 13.0. The number of ether oxygens (including phenoxy) is 1. The molecule has 3 heteroatoms. The summed E-state index contributed by atoms with van der Waals surface area (Å²) >= 11 is 0. The van der Waals surface area contributed by atoms with Crippen LogP contribution in [0.15, 0.2) is 18.2 Å². The van der Waals surface area contributed by atoms with Crippen LogP contribution in [-0.4, -0.2) is 26.1 Å². The predicted octanol–water partition coefficient (Wildman–Crippen LogP) is 1.95.